The monoisotopic (exact) mass is 390 g/mol. The van der Waals surface area contributed by atoms with Gasteiger partial charge in [0.15, 0.2) is 5.78 Å². The van der Waals surface area contributed by atoms with E-state index in [4.69, 9.17) is 4.74 Å². The van der Waals surface area contributed by atoms with Crippen LogP contribution in [-0.4, -0.2) is 27.8 Å². The molecule has 2 N–H and O–H groups in total. The molecule has 0 saturated heterocycles. The standard InChI is InChI=1S/C22H22N4O3/c1-14(2)29-20-10-5-4-9-18(20)25-22-23-12-11-19(26-22)21(28)24-17-8-6-7-16(13-17)15(3)27/h4-14H,1-3H3,(H,24,28)(H,23,25,26). The van der Waals surface area contributed by atoms with E-state index in [1.54, 1.807) is 24.3 Å². The molecule has 1 aromatic heterocycles. The summed E-state index contributed by atoms with van der Waals surface area (Å²) < 4.78 is 5.78. The summed E-state index contributed by atoms with van der Waals surface area (Å²) in [7, 11) is 0. The molecule has 0 bridgehead atoms. The van der Waals surface area contributed by atoms with E-state index in [1.807, 2.05) is 38.1 Å². The molecule has 0 spiro atoms. The van der Waals surface area contributed by atoms with E-state index in [1.165, 1.54) is 19.2 Å². The largest absolute Gasteiger partial charge is 0.489 e. The Labute approximate surface area is 169 Å². The number of rotatable bonds is 7. The SMILES string of the molecule is CC(=O)c1cccc(NC(=O)c2ccnc(Nc3ccccc3OC(C)C)n2)c1. The number of ketones is 1. The van der Waals surface area contributed by atoms with Crippen molar-refractivity contribution in [3.05, 3.63) is 72.1 Å². The molecule has 7 heteroatoms. The summed E-state index contributed by atoms with van der Waals surface area (Å²) in [5, 5.41) is 5.84. The number of aromatic nitrogens is 2. The van der Waals surface area contributed by atoms with Crippen LogP contribution in [0.2, 0.25) is 0 Å². The highest BCUT2D eigenvalue weighted by Crippen LogP contribution is 2.27. The predicted molar refractivity (Wildman–Crippen MR) is 112 cm³/mol. The van der Waals surface area contributed by atoms with Crippen LogP contribution >= 0.6 is 0 Å². The molecule has 0 fully saturated rings. The van der Waals surface area contributed by atoms with Crippen LogP contribution in [0.5, 0.6) is 5.75 Å². The van der Waals surface area contributed by atoms with Gasteiger partial charge in [0, 0.05) is 17.4 Å². The third kappa shape index (κ3) is 5.38. The molecule has 3 rings (SSSR count). The zero-order valence-electron chi connectivity index (χ0n) is 16.5. The van der Waals surface area contributed by atoms with Crippen LogP contribution in [0.15, 0.2) is 60.8 Å². The first-order valence-electron chi connectivity index (χ1n) is 9.20. The van der Waals surface area contributed by atoms with Crippen molar-refractivity contribution in [3.63, 3.8) is 0 Å². The van der Waals surface area contributed by atoms with Gasteiger partial charge >= 0.3 is 0 Å². The summed E-state index contributed by atoms with van der Waals surface area (Å²) in [6.07, 6.45) is 1.52. The number of para-hydroxylation sites is 2. The van der Waals surface area contributed by atoms with Crippen LogP contribution in [0.1, 0.15) is 41.6 Å². The van der Waals surface area contributed by atoms with Gasteiger partial charge in [-0.05, 0) is 51.1 Å². The molecule has 2 aromatic carbocycles. The van der Waals surface area contributed by atoms with Crippen molar-refractivity contribution in [1.82, 2.24) is 9.97 Å². The average molecular weight is 390 g/mol. The number of nitrogens with zero attached hydrogens (tertiary/aromatic N) is 2. The van der Waals surface area contributed by atoms with Crippen molar-refractivity contribution in [2.75, 3.05) is 10.6 Å². The fourth-order valence-electron chi connectivity index (χ4n) is 2.60. The summed E-state index contributed by atoms with van der Waals surface area (Å²) in [4.78, 5) is 32.6. The van der Waals surface area contributed by atoms with Crippen molar-refractivity contribution in [2.45, 2.75) is 26.9 Å². The molecule has 0 atom stereocenters. The number of anilines is 3. The Morgan fingerprint density at radius 1 is 1.03 bits per heavy atom. The maximum absolute atomic E-state index is 12.6. The maximum Gasteiger partial charge on any atom is 0.274 e. The summed E-state index contributed by atoms with van der Waals surface area (Å²) >= 11 is 0. The summed E-state index contributed by atoms with van der Waals surface area (Å²) in [5.74, 6) is 0.469. The molecule has 0 aliphatic carbocycles. The number of ether oxygens (including phenoxy) is 1. The Kier molecular flexibility index (Phi) is 6.19. The Hall–Kier alpha value is -3.74. The molecular formula is C22H22N4O3. The minimum absolute atomic E-state index is 0.0155. The maximum atomic E-state index is 12.6. The molecule has 0 radical (unpaired) electrons. The van der Waals surface area contributed by atoms with Crippen molar-refractivity contribution in [2.24, 2.45) is 0 Å². The van der Waals surface area contributed by atoms with Gasteiger partial charge in [-0.25, -0.2) is 9.97 Å². The quantitative estimate of drug-likeness (QED) is 0.579. The highest BCUT2D eigenvalue weighted by Gasteiger charge is 2.12. The van der Waals surface area contributed by atoms with Crippen molar-refractivity contribution in [1.29, 1.82) is 0 Å². The van der Waals surface area contributed by atoms with Crippen LogP contribution in [0.4, 0.5) is 17.3 Å². The smallest absolute Gasteiger partial charge is 0.274 e. The predicted octanol–water partition coefficient (Wildman–Crippen LogP) is 4.46. The minimum Gasteiger partial charge on any atom is -0.489 e. The topological polar surface area (TPSA) is 93.2 Å². The number of carbonyl (C=O) groups excluding carboxylic acids is 2. The van der Waals surface area contributed by atoms with Crippen molar-refractivity contribution >= 4 is 29.0 Å². The van der Waals surface area contributed by atoms with Gasteiger partial charge in [0.1, 0.15) is 11.4 Å². The Morgan fingerprint density at radius 2 is 1.83 bits per heavy atom. The molecule has 0 aliphatic rings. The lowest BCUT2D eigenvalue weighted by molar-refractivity contribution is 0.100. The summed E-state index contributed by atoms with van der Waals surface area (Å²) in [6.45, 7) is 5.36. The normalized spacial score (nSPS) is 10.5. The van der Waals surface area contributed by atoms with Gasteiger partial charge < -0.3 is 15.4 Å². The van der Waals surface area contributed by atoms with E-state index in [-0.39, 0.29) is 23.5 Å². The Balaban J connectivity index is 1.77. The molecule has 1 amide bonds. The molecule has 3 aromatic rings. The molecule has 7 nitrogen and oxygen atoms in total. The Bertz CT molecular complexity index is 1030. The summed E-state index contributed by atoms with van der Waals surface area (Å²) in [6, 6.07) is 15.7. The third-order valence-corrected chi connectivity index (χ3v) is 3.91. The zero-order chi connectivity index (χ0) is 20.8. The van der Waals surface area contributed by atoms with E-state index >= 15 is 0 Å². The fraction of sp³-hybridized carbons (Fsp3) is 0.182. The van der Waals surface area contributed by atoms with Gasteiger partial charge in [0.2, 0.25) is 5.95 Å². The van der Waals surface area contributed by atoms with E-state index in [9.17, 15) is 9.59 Å². The van der Waals surface area contributed by atoms with Crippen LogP contribution < -0.4 is 15.4 Å². The number of Topliss-reactive ketones (excluding diaryl/α,β-unsaturated/α-hetero) is 1. The molecule has 148 valence electrons. The van der Waals surface area contributed by atoms with Crippen LogP contribution in [0, 0.1) is 0 Å². The zero-order valence-corrected chi connectivity index (χ0v) is 16.5. The van der Waals surface area contributed by atoms with Gasteiger partial charge in [-0.2, -0.15) is 0 Å². The number of hydrogen-bond donors (Lipinski definition) is 2. The first kappa shape index (κ1) is 20.0. The molecule has 29 heavy (non-hydrogen) atoms. The lowest BCUT2D eigenvalue weighted by atomic mass is 10.1. The fourth-order valence-corrected chi connectivity index (χ4v) is 2.60. The van der Waals surface area contributed by atoms with Gasteiger partial charge in [-0.1, -0.05) is 24.3 Å². The minimum atomic E-state index is -0.400. The third-order valence-electron chi connectivity index (χ3n) is 3.91. The first-order chi connectivity index (χ1) is 13.9. The highest BCUT2D eigenvalue weighted by atomic mass is 16.5. The molecule has 0 saturated carbocycles. The Morgan fingerprint density at radius 3 is 2.59 bits per heavy atom. The van der Waals surface area contributed by atoms with E-state index in [0.29, 0.717) is 22.7 Å². The van der Waals surface area contributed by atoms with Gasteiger partial charge in [-0.3, -0.25) is 9.59 Å². The number of hydrogen-bond acceptors (Lipinski definition) is 6. The van der Waals surface area contributed by atoms with Crippen LogP contribution in [-0.2, 0) is 0 Å². The number of amides is 1. The van der Waals surface area contributed by atoms with Gasteiger partial charge in [0.05, 0.1) is 11.8 Å². The first-order valence-corrected chi connectivity index (χ1v) is 9.20. The molecular weight excluding hydrogens is 368 g/mol. The van der Waals surface area contributed by atoms with Crippen LogP contribution in [0.3, 0.4) is 0 Å². The van der Waals surface area contributed by atoms with Gasteiger partial charge in [-0.15, -0.1) is 0 Å². The van der Waals surface area contributed by atoms with E-state index < -0.39 is 5.91 Å². The number of benzene rings is 2. The highest BCUT2D eigenvalue weighted by molar-refractivity contribution is 6.04. The number of carbonyl (C=O) groups is 2. The second-order valence-electron chi connectivity index (χ2n) is 6.64. The number of nitrogens with one attached hydrogen (secondary N) is 2. The van der Waals surface area contributed by atoms with Crippen molar-refractivity contribution in [3.8, 4) is 5.75 Å². The summed E-state index contributed by atoms with van der Waals surface area (Å²) in [5.41, 5.74) is 1.94. The lowest BCUT2D eigenvalue weighted by Gasteiger charge is -2.14. The van der Waals surface area contributed by atoms with E-state index in [0.717, 1.165) is 0 Å². The van der Waals surface area contributed by atoms with E-state index in [2.05, 4.69) is 20.6 Å². The second-order valence-corrected chi connectivity index (χ2v) is 6.64. The molecule has 0 unspecified atom stereocenters. The molecule has 0 aliphatic heterocycles. The van der Waals surface area contributed by atoms with Crippen molar-refractivity contribution < 1.29 is 14.3 Å². The van der Waals surface area contributed by atoms with Gasteiger partial charge in [0.25, 0.3) is 5.91 Å². The average Bonchev–Trinajstić information content (AvgIpc) is 2.69. The lowest BCUT2D eigenvalue weighted by Crippen LogP contribution is -2.15. The molecule has 1 heterocycles. The second kappa shape index (κ2) is 8.97. The van der Waals surface area contributed by atoms with Crippen LogP contribution in [0.25, 0.3) is 0 Å².